The van der Waals surface area contributed by atoms with Crippen LogP contribution in [0.25, 0.3) is 0 Å². The minimum absolute atomic E-state index is 0.427. The van der Waals surface area contributed by atoms with Crippen LogP contribution in [0.3, 0.4) is 0 Å². The van der Waals surface area contributed by atoms with Gasteiger partial charge in [-0.1, -0.05) is 58.4 Å². The Balaban J connectivity index is 1.88. The highest BCUT2D eigenvalue weighted by molar-refractivity contribution is 9.10. The van der Waals surface area contributed by atoms with Crippen LogP contribution < -0.4 is 18.9 Å². The summed E-state index contributed by atoms with van der Waals surface area (Å²) in [6.45, 7) is 1.84. The number of halogens is 1. The molecule has 5 rings (SSSR count). The maximum absolute atomic E-state index is 13.7. The maximum Gasteiger partial charge on any atom is 0.239 e. The predicted molar refractivity (Wildman–Crippen MR) is 145 cm³/mol. The van der Waals surface area contributed by atoms with E-state index in [0.717, 1.165) is 10.7 Å². The highest BCUT2D eigenvalue weighted by atomic mass is 79.9. The maximum atomic E-state index is 13.7. The molecule has 1 saturated carbocycles. The molecule has 0 radical (unpaired) electrons. The Bertz CT molecular complexity index is 1500. The van der Waals surface area contributed by atoms with Crippen LogP contribution >= 0.6 is 15.9 Å². The lowest BCUT2D eigenvalue weighted by atomic mass is 9.64. The van der Waals surface area contributed by atoms with Crippen LogP contribution in [0.4, 0.5) is 0 Å². The molecule has 1 amide bonds. The van der Waals surface area contributed by atoms with Crippen LogP contribution in [0.15, 0.2) is 71.2 Å². The van der Waals surface area contributed by atoms with Gasteiger partial charge in [-0.3, -0.25) is 9.52 Å². The van der Waals surface area contributed by atoms with Crippen LogP contribution in [0, 0.1) is 5.92 Å². The number of hydrogen-bond acceptors (Lipinski definition) is 7. The van der Waals surface area contributed by atoms with Gasteiger partial charge in [-0.2, -0.15) is 0 Å². The van der Waals surface area contributed by atoms with Crippen LogP contribution in [-0.4, -0.2) is 46.0 Å². The summed E-state index contributed by atoms with van der Waals surface area (Å²) in [5, 5.41) is 12.2. The van der Waals surface area contributed by atoms with Gasteiger partial charge in [0.05, 0.1) is 37.9 Å². The Morgan fingerprint density at radius 1 is 1.05 bits per heavy atom. The normalized spacial score (nSPS) is 27.7. The van der Waals surface area contributed by atoms with E-state index in [9.17, 15) is 18.3 Å². The number of fused-ring (bicyclic) bond motifs is 3. The molecule has 1 aliphatic carbocycles. The fourth-order valence-corrected chi connectivity index (χ4v) is 7.10. The number of amides is 1. The second-order valence-electron chi connectivity index (χ2n) is 9.85. The lowest BCUT2D eigenvalue weighted by molar-refractivity contribution is -0.127. The number of nitrogens with one attached hydrogen (secondary N) is 1. The molecular formula is C28H28BrNO7S. The predicted octanol–water partition coefficient (Wildman–Crippen LogP) is 3.86. The number of methoxy groups -OCH3 is 2. The first-order valence-corrected chi connectivity index (χ1v) is 14.6. The monoisotopic (exact) mass is 601 g/mol. The van der Waals surface area contributed by atoms with E-state index in [-0.39, 0.29) is 0 Å². The molecule has 0 bridgehead atoms. The first-order valence-electron chi connectivity index (χ1n) is 11.9. The van der Waals surface area contributed by atoms with Crippen molar-refractivity contribution in [2.45, 2.75) is 30.0 Å². The highest BCUT2D eigenvalue weighted by Crippen LogP contribution is 2.71. The van der Waals surface area contributed by atoms with Crippen molar-refractivity contribution in [2.24, 2.45) is 5.92 Å². The molecule has 10 heteroatoms. The first kappa shape index (κ1) is 26.5. The number of carbonyl (C=O) groups is 1. The average molecular weight is 603 g/mol. The smallest absolute Gasteiger partial charge is 0.239 e. The highest BCUT2D eigenvalue weighted by Gasteiger charge is 2.76. The fraction of sp³-hybridized carbons (Fsp3) is 0.321. The number of benzene rings is 3. The van der Waals surface area contributed by atoms with Gasteiger partial charge >= 0.3 is 0 Å². The Morgan fingerprint density at radius 2 is 1.71 bits per heavy atom. The minimum Gasteiger partial charge on any atom is -0.496 e. The Morgan fingerprint density at radius 3 is 2.29 bits per heavy atom. The largest absolute Gasteiger partial charge is 0.496 e. The zero-order chi connectivity index (χ0) is 27.5. The minimum atomic E-state index is -3.90. The third-order valence-corrected chi connectivity index (χ3v) is 8.91. The van der Waals surface area contributed by atoms with Gasteiger partial charge in [-0.25, -0.2) is 8.42 Å². The second-order valence-corrected chi connectivity index (χ2v) is 12.5. The van der Waals surface area contributed by atoms with Crippen molar-refractivity contribution >= 4 is 31.9 Å². The standard InChI is InChI=1S/C28H28BrNO7S/c1-27-24-20(36-3)14-19(35-2)15-21(24)37-28(27,17-10-12-18(29)13-11-17)23(16-8-6-5-7-9-16)22(25(27)31)26(32)30-38(4,33)34/h5-15,22-23,25,31H,1-4H3,(H,30,32)/t22-,23-,25-,27-,28+/m1/s1. The van der Waals surface area contributed by atoms with E-state index in [2.05, 4.69) is 20.7 Å². The molecule has 3 aromatic rings. The van der Waals surface area contributed by atoms with Gasteiger partial charge in [-0.05, 0) is 30.2 Å². The van der Waals surface area contributed by atoms with E-state index in [4.69, 9.17) is 14.2 Å². The second kappa shape index (κ2) is 9.29. The zero-order valence-electron chi connectivity index (χ0n) is 21.3. The number of sulfonamides is 1. The lowest BCUT2D eigenvalue weighted by Crippen LogP contribution is -2.50. The summed E-state index contributed by atoms with van der Waals surface area (Å²) in [6, 6.07) is 20.2. The van der Waals surface area contributed by atoms with Crippen molar-refractivity contribution in [1.29, 1.82) is 0 Å². The summed E-state index contributed by atoms with van der Waals surface area (Å²) in [5.41, 5.74) is -0.565. The molecule has 0 unspecified atom stereocenters. The van der Waals surface area contributed by atoms with E-state index in [0.29, 0.717) is 33.9 Å². The first-order chi connectivity index (χ1) is 18.0. The molecule has 38 heavy (non-hydrogen) atoms. The van der Waals surface area contributed by atoms with Gasteiger partial charge in [0.25, 0.3) is 0 Å². The topological polar surface area (TPSA) is 111 Å². The third-order valence-electron chi connectivity index (χ3n) is 7.81. The Labute approximate surface area is 230 Å². The van der Waals surface area contributed by atoms with Crippen molar-refractivity contribution in [3.05, 3.63) is 87.9 Å². The lowest BCUT2D eigenvalue weighted by Gasteiger charge is -2.42. The molecule has 5 atom stereocenters. The molecular weight excluding hydrogens is 574 g/mol. The van der Waals surface area contributed by atoms with Crippen LogP contribution in [0.1, 0.15) is 29.5 Å². The molecule has 1 aliphatic heterocycles. The van der Waals surface area contributed by atoms with Gasteiger partial charge in [0, 0.05) is 28.1 Å². The van der Waals surface area contributed by atoms with E-state index >= 15 is 0 Å². The van der Waals surface area contributed by atoms with Gasteiger partial charge in [0.15, 0.2) is 5.60 Å². The summed E-state index contributed by atoms with van der Waals surface area (Å²) >= 11 is 3.49. The van der Waals surface area contributed by atoms with Gasteiger partial charge < -0.3 is 19.3 Å². The van der Waals surface area contributed by atoms with Crippen molar-refractivity contribution in [1.82, 2.24) is 4.72 Å². The van der Waals surface area contributed by atoms with Crippen LogP contribution in [0.5, 0.6) is 17.2 Å². The molecule has 200 valence electrons. The van der Waals surface area contributed by atoms with Gasteiger partial charge in [-0.15, -0.1) is 0 Å². The van der Waals surface area contributed by atoms with E-state index in [1.54, 1.807) is 12.1 Å². The summed E-state index contributed by atoms with van der Waals surface area (Å²) < 4.78 is 45.4. The third kappa shape index (κ3) is 3.80. The van der Waals surface area contributed by atoms with Crippen molar-refractivity contribution in [3.63, 3.8) is 0 Å². The number of ether oxygens (including phenoxy) is 3. The molecule has 0 saturated heterocycles. The molecule has 2 N–H and O–H groups in total. The molecule has 3 aromatic carbocycles. The molecule has 8 nitrogen and oxygen atoms in total. The van der Waals surface area contributed by atoms with E-state index < -0.39 is 44.9 Å². The van der Waals surface area contributed by atoms with Crippen LogP contribution in [0.2, 0.25) is 0 Å². The molecule has 0 spiro atoms. The summed E-state index contributed by atoms with van der Waals surface area (Å²) in [5.74, 6) is -1.38. The van der Waals surface area contributed by atoms with Crippen molar-refractivity contribution < 1.29 is 32.5 Å². The number of hydrogen-bond donors (Lipinski definition) is 2. The summed E-state index contributed by atoms with van der Waals surface area (Å²) in [6.07, 6.45) is -0.445. The summed E-state index contributed by atoms with van der Waals surface area (Å²) in [7, 11) is -0.851. The number of aliphatic hydroxyl groups is 1. The Kier molecular flexibility index (Phi) is 6.48. The van der Waals surface area contributed by atoms with E-state index in [1.165, 1.54) is 14.2 Å². The Hall–Kier alpha value is -3.08. The van der Waals surface area contributed by atoms with Crippen molar-refractivity contribution in [2.75, 3.05) is 20.5 Å². The van der Waals surface area contributed by atoms with Gasteiger partial charge in [0.1, 0.15) is 17.2 Å². The SMILES string of the molecule is COc1cc(OC)c2c(c1)O[C@@]1(c3ccc(Br)cc3)[C@H](c3ccccc3)[C@@H](C(=O)NS(C)(=O)=O)[C@@H](O)[C@@]21C. The summed E-state index contributed by atoms with van der Waals surface area (Å²) in [4.78, 5) is 13.7. The zero-order valence-corrected chi connectivity index (χ0v) is 23.7. The van der Waals surface area contributed by atoms with Crippen molar-refractivity contribution in [3.8, 4) is 17.2 Å². The average Bonchev–Trinajstić information content (AvgIpc) is 3.26. The quantitative estimate of drug-likeness (QED) is 0.441. The van der Waals surface area contributed by atoms with E-state index in [1.807, 2.05) is 61.5 Å². The molecule has 1 heterocycles. The van der Waals surface area contributed by atoms with Crippen LogP contribution in [-0.2, 0) is 25.8 Å². The number of rotatable bonds is 6. The number of aliphatic hydroxyl groups excluding tert-OH is 1. The number of carbonyl (C=O) groups excluding carboxylic acids is 1. The fourth-order valence-electron chi connectivity index (χ4n) is 6.33. The molecule has 1 fully saturated rings. The molecule has 0 aromatic heterocycles. The van der Waals surface area contributed by atoms with Gasteiger partial charge in [0.2, 0.25) is 15.9 Å². The molecule has 2 aliphatic rings.